The van der Waals surface area contributed by atoms with Crippen molar-refractivity contribution in [2.24, 2.45) is 5.92 Å². The van der Waals surface area contributed by atoms with Crippen molar-refractivity contribution < 1.29 is 5.11 Å². The Bertz CT molecular complexity index is 621. The van der Waals surface area contributed by atoms with E-state index in [9.17, 15) is 5.11 Å². The first-order chi connectivity index (χ1) is 10.7. The molecule has 0 saturated carbocycles. The predicted octanol–water partition coefficient (Wildman–Crippen LogP) is 2.69. The number of aryl methyl sites for hydroxylation is 1. The number of rotatable bonds is 4. The summed E-state index contributed by atoms with van der Waals surface area (Å²) < 4.78 is 2.27. The van der Waals surface area contributed by atoms with Crippen LogP contribution in [0.1, 0.15) is 29.8 Å². The molecule has 1 aliphatic heterocycles. The molecule has 1 unspecified atom stereocenters. The van der Waals surface area contributed by atoms with E-state index in [4.69, 9.17) is 0 Å². The molecule has 118 valence electrons. The van der Waals surface area contributed by atoms with Crippen LogP contribution in [0.2, 0.25) is 0 Å². The Morgan fingerprint density at radius 2 is 2.23 bits per heavy atom. The second-order valence-corrected chi connectivity index (χ2v) is 6.37. The van der Waals surface area contributed by atoms with Crippen LogP contribution in [-0.4, -0.2) is 39.3 Å². The molecule has 3 rings (SSSR count). The highest BCUT2D eigenvalue weighted by atomic mass is 16.3. The molecule has 22 heavy (non-hydrogen) atoms. The molecule has 2 aromatic heterocycles. The Balaban J connectivity index is 1.81. The fourth-order valence-electron chi connectivity index (χ4n) is 3.56. The van der Waals surface area contributed by atoms with E-state index in [1.807, 2.05) is 12.3 Å². The molecule has 0 spiro atoms. The number of aromatic nitrogens is 2. The van der Waals surface area contributed by atoms with E-state index in [1.165, 1.54) is 23.4 Å². The Kier molecular flexibility index (Phi) is 4.60. The lowest BCUT2D eigenvalue weighted by molar-refractivity contribution is 0.116. The molecule has 0 aromatic carbocycles. The van der Waals surface area contributed by atoms with Crippen LogP contribution >= 0.6 is 0 Å². The van der Waals surface area contributed by atoms with Crippen LogP contribution in [0.4, 0.5) is 0 Å². The first-order valence-corrected chi connectivity index (χ1v) is 8.10. The van der Waals surface area contributed by atoms with Crippen molar-refractivity contribution in [3.8, 4) is 5.69 Å². The molecule has 1 saturated heterocycles. The first-order valence-electron chi connectivity index (χ1n) is 8.10. The van der Waals surface area contributed by atoms with Crippen LogP contribution in [0.25, 0.3) is 5.69 Å². The smallest absolute Gasteiger partial charge is 0.0638 e. The summed E-state index contributed by atoms with van der Waals surface area (Å²) in [6.07, 6.45) is 6.06. The number of nitrogens with zero attached hydrogens (tertiary/aromatic N) is 3. The van der Waals surface area contributed by atoms with Gasteiger partial charge in [-0.1, -0.05) is 0 Å². The van der Waals surface area contributed by atoms with E-state index in [-0.39, 0.29) is 0 Å². The number of hydrogen-bond acceptors (Lipinski definition) is 3. The largest absolute Gasteiger partial charge is 0.396 e. The van der Waals surface area contributed by atoms with Crippen molar-refractivity contribution in [1.82, 2.24) is 14.5 Å². The Morgan fingerprint density at radius 3 is 2.95 bits per heavy atom. The summed E-state index contributed by atoms with van der Waals surface area (Å²) in [6, 6.07) is 6.36. The maximum atomic E-state index is 9.39. The lowest BCUT2D eigenvalue weighted by Gasteiger charge is -2.31. The third kappa shape index (κ3) is 3.08. The maximum Gasteiger partial charge on any atom is 0.0638 e. The van der Waals surface area contributed by atoms with E-state index < -0.39 is 0 Å². The quantitative estimate of drug-likeness (QED) is 0.944. The summed E-state index contributed by atoms with van der Waals surface area (Å²) in [7, 11) is 0. The van der Waals surface area contributed by atoms with Crippen LogP contribution < -0.4 is 0 Å². The summed E-state index contributed by atoms with van der Waals surface area (Å²) in [5, 5.41) is 9.39. The monoisotopic (exact) mass is 299 g/mol. The van der Waals surface area contributed by atoms with Crippen molar-refractivity contribution in [3.05, 3.63) is 47.5 Å². The molecule has 2 aromatic rings. The van der Waals surface area contributed by atoms with Gasteiger partial charge in [-0.25, -0.2) is 0 Å². The van der Waals surface area contributed by atoms with Crippen molar-refractivity contribution >= 4 is 0 Å². The highest BCUT2D eigenvalue weighted by Gasteiger charge is 2.21. The second kappa shape index (κ2) is 6.63. The molecule has 0 radical (unpaired) electrons. The highest BCUT2D eigenvalue weighted by molar-refractivity contribution is 5.39. The zero-order valence-corrected chi connectivity index (χ0v) is 13.5. The van der Waals surface area contributed by atoms with Crippen LogP contribution in [0.3, 0.4) is 0 Å². The van der Waals surface area contributed by atoms with Crippen LogP contribution in [-0.2, 0) is 6.54 Å². The van der Waals surface area contributed by atoms with Crippen molar-refractivity contribution in [3.63, 3.8) is 0 Å². The third-order valence-electron chi connectivity index (χ3n) is 4.70. The van der Waals surface area contributed by atoms with Gasteiger partial charge in [-0.05, 0) is 62.9 Å². The van der Waals surface area contributed by atoms with E-state index in [0.717, 1.165) is 31.7 Å². The molecule has 1 aliphatic rings. The fraction of sp³-hybridized carbons (Fsp3) is 0.500. The van der Waals surface area contributed by atoms with Gasteiger partial charge < -0.3 is 9.67 Å². The van der Waals surface area contributed by atoms with Crippen molar-refractivity contribution in [1.29, 1.82) is 0 Å². The minimum absolute atomic E-state index is 0.311. The lowest BCUT2D eigenvalue weighted by Crippen LogP contribution is -2.36. The summed E-state index contributed by atoms with van der Waals surface area (Å²) >= 11 is 0. The van der Waals surface area contributed by atoms with Gasteiger partial charge in [0.05, 0.1) is 11.9 Å². The fourth-order valence-corrected chi connectivity index (χ4v) is 3.56. The lowest BCUT2D eigenvalue weighted by atomic mass is 9.98. The molecule has 0 amide bonds. The predicted molar refractivity (Wildman–Crippen MR) is 88.1 cm³/mol. The van der Waals surface area contributed by atoms with E-state index in [1.54, 1.807) is 6.20 Å². The molecule has 3 heterocycles. The van der Waals surface area contributed by atoms with Gasteiger partial charge in [0.2, 0.25) is 0 Å². The van der Waals surface area contributed by atoms with Gasteiger partial charge >= 0.3 is 0 Å². The molecule has 4 nitrogen and oxygen atoms in total. The number of pyridine rings is 1. The number of aliphatic hydroxyl groups is 1. The van der Waals surface area contributed by atoms with Gasteiger partial charge in [-0.15, -0.1) is 0 Å². The number of likely N-dealkylation sites (tertiary alicyclic amines) is 1. The minimum Gasteiger partial charge on any atom is -0.396 e. The second-order valence-electron chi connectivity index (χ2n) is 6.37. The van der Waals surface area contributed by atoms with Crippen molar-refractivity contribution in [2.45, 2.75) is 33.2 Å². The van der Waals surface area contributed by atoms with E-state index in [2.05, 4.69) is 40.4 Å². The Hall–Kier alpha value is -1.65. The van der Waals surface area contributed by atoms with Crippen molar-refractivity contribution in [2.75, 3.05) is 19.7 Å². The molecule has 1 N–H and O–H groups in total. The molecule has 0 aliphatic carbocycles. The van der Waals surface area contributed by atoms with Crippen LogP contribution in [0.5, 0.6) is 0 Å². The average Bonchev–Trinajstić information content (AvgIpc) is 2.82. The summed E-state index contributed by atoms with van der Waals surface area (Å²) in [5.41, 5.74) is 5.03. The van der Waals surface area contributed by atoms with Gasteiger partial charge in [0, 0.05) is 37.3 Å². The van der Waals surface area contributed by atoms with E-state index in [0.29, 0.717) is 12.5 Å². The first kappa shape index (κ1) is 15.3. The SMILES string of the molecule is Cc1cc(CN2CCCC(CO)C2)c(C)n1-c1cccnc1. The zero-order valence-electron chi connectivity index (χ0n) is 13.5. The zero-order chi connectivity index (χ0) is 15.5. The third-order valence-corrected chi connectivity index (χ3v) is 4.70. The van der Waals surface area contributed by atoms with Gasteiger partial charge in [-0.2, -0.15) is 0 Å². The Morgan fingerprint density at radius 1 is 1.36 bits per heavy atom. The normalized spacial score (nSPS) is 19.5. The van der Waals surface area contributed by atoms with Crippen LogP contribution in [0, 0.1) is 19.8 Å². The summed E-state index contributed by atoms with van der Waals surface area (Å²) in [5.74, 6) is 0.440. The minimum atomic E-state index is 0.311. The van der Waals surface area contributed by atoms with Gasteiger partial charge in [0.1, 0.15) is 0 Å². The molecule has 1 fully saturated rings. The molecular formula is C18H25N3O. The summed E-state index contributed by atoms with van der Waals surface area (Å²) in [6.45, 7) is 7.75. The standard InChI is InChI=1S/C18H25N3O/c1-14-9-17(12-20-8-4-5-16(11-20)13-22)15(2)21(14)18-6-3-7-19-10-18/h3,6-7,9-10,16,22H,4-5,8,11-13H2,1-2H3. The Labute approximate surface area is 132 Å². The van der Waals surface area contributed by atoms with Gasteiger partial charge in [0.15, 0.2) is 0 Å². The van der Waals surface area contributed by atoms with Gasteiger partial charge in [-0.3, -0.25) is 9.88 Å². The number of hydrogen-bond donors (Lipinski definition) is 1. The number of piperidine rings is 1. The highest BCUT2D eigenvalue weighted by Crippen LogP contribution is 2.24. The molecule has 1 atom stereocenters. The number of aliphatic hydroxyl groups excluding tert-OH is 1. The van der Waals surface area contributed by atoms with Crippen LogP contribution in [0.15, 0.2) is 30.6 Å². The topological polar surface area (TPSA) is 41.3 Å². The molecular weight excluding hydrogens is 274 g/mol. The summed E-state index contributed by atoms with van der Waals surface area (Å²) in [4.78, 5) is 6.70. The maximum absolute atomic E-state index is 9.39. The molecule has 0 bridgehead atoms. The molecule has 4 heteroatoms. The van der Waals surface area contributed by atoms with E-state index >= 15 is 0 Å². The average molecular weight is 299 g/mol. The van der Waals surface area contributed by atoms with Gasteiger partial charge in [0.25, 0.3) is 0 Å².